The maximum absolute atomic E-state index is 13.4. The Balaban J connectivity index is 1.77. The molecular weight excluding hydrogens is 444 g/mol. The van der Waals surface area contributed by atoms with Crippen LogP contribution < -0.4 is 9.47 Å². The summed E-state index contributed by atoms with van der Waals surface area (Å²) in [4.78, 5) is 26.4. The minimum atomic E-state index is -1.18. The molecule has 190 valence electrons. The predicted molar refractivity (Wildman–Crippen MR) is 135 cm³/mol. The van der Waals surface area contributed by atoms with Crippen molar-refractivity contribution in [3.05, 3.63) is 59.7 Å². The van der Waals surface area contributed by atoms with Crippen LogP contribution in [0.1, 0.15) is 92.7 Å². The van der Waals surface area contributed by atoms with Crippen LogP contribution in [0.5, 0.6) is 11.5 Å². The number of benzene rings is 2. The molecule has 0 aromatic heterocycles. The van der Waals surface area contributed by atoms with Crippen LogP contribution in [-0.2, 0) is 9.47 Å². The van der Waals surface area contributed by atoms with Crippen molar-refractivity contribution in [2.45, 2.75) is 82.8 Å². The molecule has 0 spiro atoms. The van der Waals surface area contributed by atoms with E-state index in [-0.39, 0.29) is 11.9 Å². The van der Waals surface area contributed by atoms with Crippen molar-refractivity contribution in [3.8, 4) is 11.5 Å². The molecule has 6 nitrogen and oxygen atoms in total. The molecule has 35 heavy (non-hydrogen) atoms. The fourth-order valence-corrected chi connectivity index (χ4v) is 4.51. The van der Waals surface area contributed by atoms with E-state index in [1.165, 1.54) is 46.3 Å². The summed E-state index contributed by atoms with van der Waals surface area (Å²) in [5.41, 5.74) is 0.906. The minimum Gasteiger partial charge on any atom is -0.497 e. The summed E-state index contributed by atoms with van der Waals surface area (Å²) in [5.74, 6) is 0.666. The smallest absolute Gasteiger partial charge is 0.497 e. The largest absolute Gasteiger partial charge is 0.509 e. The second-order valence-corrected chi connectivity index (χ2v) is 9.12. The molecule has 2 aromatic carbocycles. The van der Waals surface area contributed by atoms with Gasteiger partial charge in [0.1, 0.15) is 17.6 Å². The highest BCUT2D eigenvalue weighted by molar-refractivity contribution is 6.00. The molecule has 1 saturated carbocycles. The van der Waals surface area contributed by atoms with Crippen molar-refractivity contribution in [2.75, 3.05) is 14.2 Å². The van der Waals surface area contributed by atoms with Crippen LogP contribution in [0.2, 0.25) is 0 Å². The van der Waals surface area contributed by atoms with Gasteiger partial charge in [0.05, 0.1) is 14.2 Å². The Bertz CT molecular complexity index is 892. The Hall–Kier alpha value is -3.02. The van der Waals surface area contributed by atoms with Crippen molar-refractivity contribution < 1.29 is 28.5 Å². The van der Waals surface area contributed by atoms with Gasteiger partial charge in [0.2, 0.25) is 5.78 Å². The monoisotopic (exact) mass is 482 g/mol. The first-order valence-corrected chi connectivity index (χ1v) is 12.8. The third kappa shape index (κ3) is 8.61. The third-order valence-corrected chi connectivity index (χ3v) is 6.50. The quantitative estimate of drug-likeness (QED) is 0.301. The van der Waals surface area contributed by atoms with E-state index in [0.717, 1.165) is 38.5 Å². The third-order valence-electron chi connectivity index (χ3n) is 6.50. The molecule has 0 amide bonds. The molecule has 1 unspecified atom stereocenters. The van der Waals surface area contributed by atoms with E-state index >= 15 is 0 Å². The van der Waals surface area contributed by atoms with Gasteiger partial charge in [0.25, 0.3) is 0 Å². The highest BCUT2D eigenvalue weighted by atomic mass is 16.7. The first-order chi connectivity index (χ1) is 17.1. The van der Waals surface area contributed by atoms with E-state index in [1.54, 1.807) is 42.5 Å². The standard InChI is InChI=1S/C29H38O6/c1-32-25-19-23(20-26(21-25)33-2)28(27(30)22-15-11-10-12-16-22)35-29(31)34-24-17-13-8-6-4-3-5-7-9-14-18-24/h10-12,15-16,19-21,24,28H,3-9,13-14,17-18H2,1-2H3. The van der Waals surface area contributed by atoms with Crippen LogP contribution in [0.4, 0.5) is 4.79 Å². The van der Waals surface area contributed by atoms with E-state index in [2.05, 4.69) is 0 Å². The zero-order chi connectivity index (χ0) is 24.9. The molecule has 0 heterocycles. The van der Waals surface area contributed by atoms with Gasteiger partial charge < -0.3 is 18.9 Å². The van der Waals surface area contributed by atoms with Gasteiger partial charge >= 0.3 is 6.16 Å². The number of carbonyl (C=O) groups excluding carboxylic acids is 2. The first kappa shape index (κ1) is 26.6. The van der Waals surface area contributed by atoms with E-state index in [0.29, 0.717) is 22.6 Å². The fraction of sp³-hybridized carbons (Fsp3) is 0.517. The lowest BCUT2D eigenvalue weighted by Gasteiger charge is -2.22. The van der Waals surface area contributed by atoms with Crippen LogP contribution in [0.15, 0.2) is 48.5 Å². The van der Waals surface area contributed by atoms with Crippen LogP contribution in [-0.4, -0.2) is 32.3 Å². The molecule has 1 aliphatic rings. The SMILES string of the molecule is COc1cc(OC)cc(C(OC(=O)OC2CCCCCCCCCCC2)C(=O)c2ccccc2)c1. The van der Waals surface area contributed by atoms with E-state index in [9.17, 15) is 9.59 Å². The van der Waals surface area contributed by atoms with Gasteiger partial charge in [-0.2, -0.15) is 0 Å². The van der Waals surface area contributed by atoms with Gasteiger partial charge in [-0.05, 0) is 37.8 Å². The molecule has 2 aromatic rings. The number of ether oxygens (including phenoxy) is 4. The summed E-state index contributed by atoms with van der Waals surface area (Å²) in [5, 5.41) is 0. The summed E-state index contributed by atoms with van der Waals surface area (Å²) >= 11 is 0. The van der Waals surface area contributed by atoms with Gasteiger partial charge in [-0.15, -0.1) is 0 Å². The van der Waals surface area contributed by atoms with Crippen molar-refractivity contribution in [1.82, 2.24) is 0 Å². The van der Waals surface area contributed by atoms with Gasteiger partial charge in [-0.25, -0.2) is 4.79 Å². The lowest BCUT2D eigenvalue weighted by molar-refractivity contribution is -0.00461. The number of methoxy groups -OCH3 is 2. The summed E-state index contributed by atoms with van der Waals surface area (Å²) < 4.78 is 22.2. The number of rotatable bonds is 7. The molecule has 6 heteroatoms. The topological polar surface area (TPSA) is 71.1 Å². The molecule has 1 aliphatic carbocycles. The van der Waals surface area contributed by atoms with Crippen molar-refractivity contribution in [3.63, 3.8) is 0 Å². The average Bonchev–Trinajstić information content (AvgIpc) is 2.88. The predicted octanol–water partition coefficient (Wildman–Crippen LogP) is 7.45. The zero-order valence-corrected chi connectivity index (χ0v) is 21.0. The lowest BCUT2D eigenvalue weighted by atomic mass is 9.99. The Kier molecular flexibility index (Phi) is 10.9. The summed E-state index contributed by atoms with van der Waals surface area (Å²) in [6.07, 6.45) is 10.1. The normalized spacial score (nSPS) is 16.7. The maximum atomic E-state index is 13.4. The summed E-state index contributed by atoms with van der Waals surface area (Å²) in [7, 11) is 3.07. The van der Waals surface area contributed by atoms with E-state index in [4.69, 9.17) is 18.9 Å². The highest BCUT2D eigenvalue weighted by Crippen LogP contribution is 2.31. The van der Waals surface area contributed by atoms with E-state index in [1.807, 2.05) is 6.07 Å². The molecule has 0 radical (unpaired) electrons. The number of Topliss-reactive ketones (excluding diaryl/α,β-unsaturated/α-hetero) is 1. The first-order valence-electron chi connectivity index (χ1n) is 12.8. The van der Waals surface area contributed by atoms with Crippen LogP contribution in [0, 0.1) is 0 Å². The lowest BCUT2D eigenvalue weighted by Crippen LogP contribution is -2.25. The summed E-state index contributed by atoms with van der Waals surface area (Å²) in [6, 6.07) is 13.9. The van der Waals surface area contributed by atoms with Gasteiger partial charge in [-0.1, -0.05) is 75.3 Å². The zero-order valence-electron chi connectivity index (χ0n) is 21.0. The van der Waals surface area contributed by atoms with Crippen molar-refractivity contribution in [2.24, 2.45) is 0 Å². The second kappa shape index (κ2) is 14.4. The minimum absolute atomic E-state index is 0.200. The Morgan fingerprint density at radius 3 is 1.77 bits per heavy atom. The number of hydrogen-bond acceptors (Lipinski definition) is 6. The molecule has 3 rings (SSSR count). The fourth-order valence-electron chi connectivity index (χ4n) is 4.51. The molecule has 0 aliphatic heterocycles. The van der Waals surface area contributed by atoms with Crippen molar-refractivity contribution in [1.29, 1.82) is 0 Å². The maximum Gasteiger partial charge on any atom is 0.509 e. The molecular formula is C29H38O6. The summed E-state index contributed by atoms with van der Waals surface area (Å²) in [6.45, 7) is 0. The Labute approximate surface area is 208 Å². The average molecular weight is 483 g/mol. The number of hydrogen-bond donors (Lipinski definition) is 0. The van der Waals surface area contributed by atoms with Gasteiger partial charge in [-0.3, -0.25) is 4.79 Å². The number of carbonyl (C=O) groups is 2. The molecule has 1 fully saturated rings. The van der Waals surface area contributed by atoms with Crippen LogP contribution in [0.25, 0.3) is 0 Å². The van der Waals surface area contributed by atoms with Gasteiger partial charge in [0.15, 0.2) is 6.10 Å². The number of ketones is 1. The van der Waals surface area contributed by atoms with Crippen molar-refractivity contribution >= 4 is 11.9 Å². The van der Waals surface area contributed by atoms with Gasteiger partial charge in [0, 0.05) is 17.2 Å². The molecule has 0 N–H and O–H groups in total. The van der Waals surface area contributed by atoms with Crippen LogP contribution >= 0.6 is 0 Å². The molecule has 0 saturated heterocycles. The molecule has 1 atom stereocenters. The Morgan fingerprint density at radius 1 is 0.743 bits per heavy atom. The van der Waals surface area contributed by atoms with Crippen LogP contribution in [0.3, 0.4) is 0 Å². The molecule has 0 bridgehead atoms. The highest BCUT2D eigenvalue weighted by Gasteiger charge is 2.29. The Morgan fingerprint density at radius 2 is 1.26 bits per heavy atom. The van der Waals surface area contributed by atoms with E-state index < -0.39 is 12.3 Å². The second-order valence-electron chi connectivity index (χ2n) is 9.12.